The van der Waals surface area contributed by atoms with E-state index in [0.717, 1.165) is 24.8 Å². The summed E-state index contributed by atoms with van der Waals surface area (Å²) in [6.45, 7) is 0. The number of rotatable bonds is 1. The molecule has 1 aromatic heterocycles. The van der Waals surface area contributed by atoms with Crippen LogP contribution in [0.15, 0.2) is 46.0 Å². The summed E-state index contributed by atoms with van der Waals surface area (Å²) in [4.78, 5) is 4.08. The van der Waals surface area contributed by atoms with Crippen LogP contribution in [0.4, 0.5) is 13.2 Å². The topological polar surface area (TPSA) is 26.0 Å². The van der Waals surface area contributed by atoms with Crippen molar-refractivity contribution in [2.24, 2.45) is 5.92 Å². The van der Waals surface area contributed by atoms with E-state index in [9.17, 15) is 13.2 Å². The molecule has 1 aliphatic carbocycles. The van der Waals surface area contributed by atoms with E-state index in [-0.39, 0.29) is 0 Å². The van der Waals surface area contributed by atoms with E-state index in [2.05, 4.69) is 17.6 Å². The normalized spacial score (nSPS) is 16.0. The van der Waals surface area contributed by atoms with Gasteiger partial charge in [0.25, 0.3) is 0 Å². The van der Waals surface area contributed by atoms with Gasteiger partial charge in [-0.3, -0.25) is 0 Å². The highest BCUT2D eigenvalue weighted by Crippen LogP contribution is 2.37. The van der Waals surface area contributed by atoms with Crippen LogP contribution < -0.4 is 0 Å². The van der Waals surface area contributed by atoms with Gasteiger partial charge in [0.1, 0.15) is 11.3 Å². The number of halogens is 3. The van der Waals surface area contributed by atoms with Gasteiger partial charge in [-0.05, 0) is 25.0 Å². The summed E-state index contributed by atoms with van der Waals surface area (Å²) in [5.74, 6) is -0.387. The summed E-state index contributed by atoms with van der Waals surface area (Å²) in [5, 5.41) is 0.605. The van der Waals surface area contributed by atoms with Crippen molar-refractivity contribution < 1.29 is 17.6 Å². The maximum absolute atomic E-state index is 11.9. The van der Waals surface area contributed by atoms with Gasteiger partial charge < -0.3 is 4.42 Å². The van der Waals surface area contributed by atoms with Crippen LogP contribution in [0, 0.1) is 5.92 Å². The van der Waals surface area contributed by atoms with E-state index in [1.807, 2.05) is 30.3 Å². The lowest BCUT2D eigenvalue weighted by Gasteiger charge is -2.23. The van der Waals surface area contributed by atoms with Crippen LogP contribution in [-0.4, -0.2) is 11.2 Å². The Morgan fingerprint density at radius 3 is 2.14 bits per heavy atom. The summed E-state index contributed by atoms with van der Waals surface area (Å²) >= 11 is 4.05. The molecule has 0 aliphatic heterocycles. The highest BCUT2D eigenvalue weighted by Gasteiger charge is 2.39. The van der Waals surface area contributed by atoms with Gasteiger partial charge in [0.05, 0.1) is 5.92 Å². The molecule has 0 spiro atoms. The predicted octanol–water partition coefficient (Wildman–Crippen LogP) is 5.76. The number of benzene rings is 1. The Balaban J connectivity index is 0.000000164. The highest BCUT2D eigenvalue weighted by atomic mass is 32.1. The van der Waals surface area contributed by atoms with Gasteiger partial charge in [-0.15, -0.1) is 12.6 Å². The molecule has 0 atom stereocenters. The highest BCUT2D eigenvalue weighted by molar-refractivity contribution is 7.80. The van der Waals surface area contributed by atoms with Crippen LogP contribution in [0.5, 0.6) is 0 Å². The minimum Gasteiger partial charge on any atom is -0.443 e. The fraction of sp³-hybridized carbons (Fsp3) is 0.438. The van der Waals surface area contributed by atoms with Crippen molar-refractivity contribution in [3.63, 3.8) is 0 Å². The number of aromatic nitrogens is 1. The first kappa shape index (κ1) is 16.9. The average Bonchev–Trinajstić information content (AvgIpc) is 2.96. The van der Waals surface area contributed by atoms with Gasteiger partial charge in [-0.2, -0.15) is 13.2 Å². The lowest BCUT2D eigenvalue weighted by molar-refractivity contribution is -0.181. The van der Waals surface area contributed by atoms with Crippen molar-refractivity contribution in [3.8, 4) is 11.5 Å². The largest absolute Gasteiger partial charge is 0.443 e. The Morgan fingerprint density at radius 2 is 1.68 bits per heavy atom. The van der Waals surface area contributed by atoms with E-state index in [4.69, 9.17) is 4.42 Å². The Kier molecular flexibility index (Phi) is 5.94. The maximum atomic E-state index is 11.9. The molecule has 3 rings (SSSR count). The second kappa shape index (κ2) is 7.72. The Labute approximate surface area is 133 Å². The van der Waals surface area contributed by atoms with E-state index in [0.29, 0.717) is 23.8 Å². The molecule has 0 N–H and O–H groups in total. The third kappa shape index (κ3) is 5.09. The van der Waals surface area contributed by atoms with E-state index < -0.39 is 12.1 Å². The molecule has 2 aromatic rings. The van der Waals surface area contributed by atoms with Crippen molar-refractivity contribution in [1.29, 1.82) is 0 Å². The molecular weight excluding hydrogens is 311 g/mol. The molecule has 120 valence electrons. The third-order valence-electron chi connectivity index (χ3n) is 3.58. The van der Waals surface area contributed by atoms with Gasteiger partial charge in [0.2, 0.25) is 5.89 Å². The monoisotopic (exact) mass is 329 g/mol. The molecule has 1 fully saturated rings. The molecule has 0 amide bonds. The molecule has 2 nitrogen and oxygen atoms in total. The van der Waals surface area contributed by atoms with Crippen LogP contribution in [0.3, 0.4) is 0 Å². The minimum atomic E-state index is -3.93. The molecule has 1 aromatic carbocycles. The number of hydrogen-bond acceptors (Lipinski definition) is 3. The first-order valence-electron chi connectivity index (χ1n) is 7.23. The zero-order valence-electron chi connectivity index (χ0n) is 12.0. The summed E-state index contributed by atoms with van der Waals surface area (Å²) in [6, 6.07) is 9.72. The Hall–Kier alpha value is -1.43. The zero-order valence-corrected chi connectivity index (χ0v) is 12.9. The van der Waals surface area contributed by atoms with Crippen molar-refractivity contribution in [3.05, 3.63) is 36.6 Å². The molecule has 22 heavy (non-hydrogen) atoms. The zero-order chi connectivity index (χ0) is 16.0. The van der Waals surface area contributed by atoms with Crippen molar-refractivity contribution in [1.82, 2.24) is 4.98 Å². The minimum absolute atomic E-state index is 0.351. The van der Waals surface area contributed by atoms with Crippen LogP contribution >= 0.6 is 12.6 Å². The molecule has 6 heteroatoms. The van der Waals surface area contributed by atoms with Crippen LogP contribution in [0.25, 0.3) is 11.5 Å². The third-order valence-corrected chi connectivity index (χ3v) is 3.79. The van der Waals surface area contributed by atoms with E-state index in [1.165, 1.54) is 6.26 Å². The Morgan fingerprint density at radius 1 is 1.05 bits per heavy atom. The van der Waals surface area contributed by atoms with Gasteiger partial charge in [-0.25, -0.2) is 4.98 Å². The number of thiol groups is 1. The first-order chi connectivity index (χ1) is 10.5. The molecule has 1 heterocycles. The second-order valence-corrected chi connectivity index (χ2v) is 5.71. The van der Waals surface area contributed by atoms with E-state index >= 15 is 0 Å². The maximum Gasteiger partial charge on any atom is 0.391 e. The Bertz CT molecular complexity index is 562. The number of hydrogen-bond donors (Lipinski definition) is 1. The molecule has 0 bridgehead atoms. The quantitative estimate of drug-likeness (QED) is 0.673. The number of nitrogens with zero attached hydrogens (tertiary/aromatic N) is 1. The van der Waals surface area contributed by atoms with Crippen molar-refractivity contribution in [2.45, 2.75) is 43.3 Å². The fourth-order valence-electron chi connectivity index (χ4n) is 2.41. The number of alkyl halides is 3. The van der Waals surface area contributed by atoms with Gasteiger partial charge >= 0.3 is 6.18 Å². The van der Waals surface area contributed by atoms with Crippen molar-refractivity contribution in [2.75, 3.05) is 0 Å². The van der Waals surface area contributed by atoms with Crippen LogP contribution in [0.1, 0.15) is 32.1 Å². The first-order valence-corrected chi connectivity index (χ1v) is 7.68. The fourth-order valence-corrected chi connectivity index (χ4v) is 2.55. The van der Waals surface area contributed by atoms with Gasteiger partial charge in [-0.1, -0.05) is 37.5 Å². The number of oxazole rings is 1. The van der Waals surface area contributed by atoms with Crippen LogP contribution in [0.2, 0.25) is 0 Å². The SMILES string of the molecule is FC(F)(F)C1CCCCC1.Sc1coc(-c2ccccc2)n1. The predicted molar refractivity (Wildman–Crippen MR) is 81.8 cm³/mol. The average molecular weight is 329 g/mol. The summed E-state index contributed by atoms with van der Waals surface area (Å²) in [7, 11) is 0. The molecule has 1 aliphatic rings. The second-order valence-electron chi connectivity index (χ2n) is 5.25. The molecular formula is C16H18F3NOS. The lowest BCUT2D eigenvalue weighted by Crippen LogP contribution is -2.24. The van der Waals surface area contributed by atoms with E-state index in [1.54, 1.807) is 0 Å². The standard InChI is InChI=1S/C9H7NOS.C7H11F3/c12-8-6-11-9(10-8)7-4-2-1-3-5-7;8-7(9,10)6-4-2-1-3-5-6/h1-6,12H;6H,1-5H2. The lowest BCUT2D eigenvalue weighted by atomic mass is 9.89. The van der Waals surface area contributed by atoms with Gasteiger partial charge in [0.15, 0.2) is 0 Å². The molecule has 0 radical (unpaired) electrons. The van der Waals surface area contributed by atoms with Gasteiger partial charge in [0, 0.05) is 5.56 Å². The van der Waals surface area contributed by atoms with Crippen molar-refractivity contribution >= 4 is 12.6 Å². The smallest absolute Gasteiger partial charge is 0.391 e. The summed E-state index contributed by atoms with van der Waals surface area (Å²) in [6.07, 6.45) is 0.778. The molecule has 0 unspecified atom stereocenters. The summed E-state index contributed by atoms with van der Waals surface area (Å²) in [5.41, 5.74) is 0.970. The van der Waals surface area contributed by atoms with Crippen LogP contribution in [-0.2, 0) is 0 Å². The summed E-state index contributed by atoms with van der Waals surface area (Å²) < 4.78 is 41.0. The molecule has 0 saturated heterocycles. The molecule has 1 saturated carbocycles.